The van der Waals surface area contributed by atoms with Crippen LogP contribution in [-0.4, -0.2) is 51.7 Å². The van der Waals surface area contributed by atoms with Crippen molar-refractivity contribution in [3.63, 3.8) is 0 Å². The molecule has 210 valence electrons. The second kappa shape index (κ2) is 10.9. The van der Waals surface area contributed by atoms with Crippen LogP contribution in [0.15, 0.2) is 47.7 Å². The standard InChI is InChI=1S/C28H36N10O2/c29-25(30)35-15-18-1-3-20(4-2-18)36-23(39)27-7-10-28(11-8-27,12-9-27)24(40)37-22-17-33-21(16-34-22)19-5-13-38(14-6-19)26(31)32/h1-5,16-17H,6-15H2,(H3,31,32)(H,36,39)(H4,29,30,35)(H,34,37,40). The van der Waals surface area contributed by atoms with Crippen molar-refractivity contribution < 1.29 is 9.59 Å². The molecule has 12 nitrogen and oxygen atoms in total. The summed E-state index contributed by atoms with van der Waals surface area (Å²) in [6.07, 6.45) is 9.99. The van der Waals surface area contributed by atoms with Gasteiger partial charge in [0.05, 0.1) is 24.6 Å². The van der Waals surface area contributed by atoms with E-state index < -0.39 is 10.8 Å². The molecule has 0 radical (unpaired) electrons. The third-order valence-corrected chi connectivity index (χ3v) is 8.64. The first-order chi connectivity index (χ1) is 19.2. The quantitative estimate of drug-likeness (QED) is 0.225. The Morgan fingerprint density at radius 2 is 1.55 bits per heavy atom. The number of rotatable bonds is 7. The summed E-state index contributed by atoms with van der Waals surface area (Å²) in [7, 11) is 0. The van der Waals surface area contributed by atoms with Crippen molar-refractivity contribution >= 4 is 40.8 Å². The van der Waals surface area contributed by atoms with Gasteiger partial charge in [-0.25, -0.2) is 9.98 Å². The topological polar surface area (TPSA) is 201 Å². The molecule has 6 rings (SSSR count). The van der Waals surface area contributed by atoms with Crippen molar-refractivity contribution in [2.45, 2.75) is 51.5 Å². The Balaban J connectivity index is 1.15. The molecule has 2 amide bonds. The van der Waals surface area contributed by atoms with E-state index in [0.29, 0.717) is 64.0 Å². The predicted molar refractivity (Wildman–Crippen MR) is 154 cm³/mol. The van der Waals surface area contributed by atoms with E-state index in [1.807, 2.05) is 30.3 Å². The van der Waals surface area contributed by atoms with Gasteiger partial charge in [-0.2, -0.15) is 0 Å². The van der Waals surface area contributed by atoms with E-state index in [9.17, 15) is 9.59 Å². The van der Waals surface area contributed by atoms with Gasteiger partial charge < -0.3 is 32.7 Å². The minimum atomic E-state index is -0.489. The number of benzene rings is 1. The van der Waals surface area contributed by atoms with Crippen LogP contribution < -0.4 is 27.8 Å². The Kier molecular flexibility index (Phi) is 7.42. The largest absolute Gasteiger partial charge is 0.370 e. The lowest BCUT2D eigenvalue weighted by atomic mass is 9.53. The van der Waals surface area contributed by atoms with Crippen LogP contribution in [-0.2, 0) is 16.1 Å². The molecule has 40 heavy (non-hydrogen) atoms. The zero-order chi connectivity index (χ0) is 28.3. The maximum absolute atomic E-state index is 13.4. The van der Waals surface area contributed by atoms with Gasteiger partial charge in [0, 0.05) is 29.6 Å². The lowest BCUT2D eigenvalue weighted by molar-refractivity contribution is -0.144. The summed E-state index contributed by atoms with van der Waals surface area (Å²) in [6, 6.07) is 7.49. The molecule has 1 aliphatic heterocycles. The highest BCUT2D eigenvalue weighted by molar-refractivity contribution is 5.98. The van der Waals surface area contributed by atoms with Gasteiger partial charge in [-0.1, -0.05) is 18.2 Å². The molecular weight excluding hydrogens is 508 g/mol. The average molecular weight is 545 g/mol. The van der Waals surface area contributed by atoms with Gasteiger partial charge in [-0.05, 0) is 68.2 Å². The van der Waals surface area contributed by atoms with Crippen molar-refractivity contribution in [1.82, 2.24) is 14.9 Å². The maximum atomic E-state index is 13.4. The molecule has 4 aliphatic rings. The SMILES string of the molecule is N=C(N)N1CC=C(c2cnc(NC(=O)C34CCC(C(=O)Nc5ccc(CN=C(N)N)cc5)(CC3)CC4)cn2)CC1. The number of nitrogens with zero attached hydrogens (tertiary/aromatic N) is 4. The zero-order valence-corrected chi connectivity index (χ0v) is 22.4. The third-order valence-electron chi connectivity index (χ3n) is 8.64. The number of nitrogens with two attached hydrogens (primary N) is 3. The van der Waals surface area contributed by atoms with Crippen molar-refractivity contribution in [2.24, 2.45) is 33.0 Å². The van der Waals surface area contributed by atoms with Crippen LogP contribution in [0.5, 0.6) is 0 Å². The van der Waals surface area contributed by atoms with E-state index in [2.05, 4.69) is 25.6 Å². The molecule has 9 N–H and O–H groups in total. The lowest BCUT2D eigenvalue weighted by Gasteiger charge is -2.51. The monoisotopic (exact) mass is 544 g/mol. The fourth-order valence-electron chi connectivity index (χ4n) is 5.93. The number of carbonyl (C=O) groups is 2. The molecule has 3 aliphatic carbocycles. The van der Waals surface area contributed by atoms with Crippen molar-refractivity contribution in [3.05, 3.63) is 54.0 Å². The molecule has 0 atom stereocenters. The van der Waals surface area contributed by atoms with Crippen LogP contribution in [0.3, 0.4) is 0 Å². The van der Waals surface area contributed by atoms with E-state index in [0.717, 1.165) is 28.9 Å². The van der Waals surface area contributed by atoms with Crippen LogP contribution >= 0.6 is 0 Å². The zero-order valence-electron chi connectivity index (χ0n) is 22.4. The molecule has 3 saturated carbocycles. The minimum Gasteiger partial charge on any atom is -0.370 e. The van der Waals surface area contributed by atoms with E-state index in [4.69, 9.17) is 22.6 Å². The number of carbonyl (C=O) groups excluding carboxylic acids is 2. The summed E-state index contributed by atoms with van der Waals surface area (Å²) in [5.74, 6) is 0.497. The molecule has 0 saturated heterocycles. The smallest absolute Gasteiger partial charge is 0.231 e. The van der Waals surface area contributed by atoms with Gasteiger partial charge in [-0.15, -0.1) is 0 Å². The summed E-state index contributed by atoms with van der Waals surface area (Å²) in [5.41, 5.74) is 18.9. The Labute approximate surface area is 233 Å². The van der Waals surface area contributed by atoms with Crippen LogP contribution in [0.25, 0.3) is 5.57 Å². The van der Waals surface area contributed by atoms with Gasteiger partial charge >= 0.3 is 0 Å². The summed E-state index contributed by atoms with van der Waals surface area (Å²) in [5, 5.41) is 13.6. The maximum Gasteiger partial charge on any atom is 0.231 e. The Morgan fingerprint density at radius 3 is 2.05 bits per heavy atom. The number of nitrogens with one attached hydrogen (secondary N) is 3. The highest BCUT2D eigenvalue weighted by atomic mass is 16.2. The second-order valence-corrected chi connectivity index (χ2v) is 11.0. The normalized spacial score (nSPS) is 23.6. The molecule has 3 fully saturated rings. The summed E-state index contributed by atoms with van der Waals surface area (Å²) in [4.78, 5) is 41.4. The van der Waals surface area contributed by atoms with E-state index in [-0.39, 0.29) is 23.7 Å². The van der Waals surface area contributed by atoms with Crippen LogP contribution in [0.1, 0.15) is 56.2 Å². The van der Waals surface area contributed by atoms with Crippen LogP contribution in [0, 0.1) is 16.2 Å². The highest BCUT2D eigenvalue weighted by Gasteiger charge is 2.55. The van der Waals surface area contributed by atoms with Crippen molar-refractivity contribution in [3.8, 4) is 0 Å². The van der Waals surface area contributed by atoms with Gasteiger partial charge in [0.25, 0.3) is 0 Å². The number of fused-ring (bicyclic) bond motifs is 3. The van der Waals surface area contributed by atoms with Gasteiger partial charge in [0.15, 0.2) is 17.7 Å². The number of aliphatic imine (C=N–C) groups is 1. The summed E-state index contributed by atoms with van der Waals surface area (Å²) < 4.78 is 0. The molecule has 0 spiro atoms. The second-order valence-electron chi connectivity index (χ2n) is 11.0. The number of hydrogen-bond donors (Lipinski definition) is 6. The number of hydrogen-bond acceptors (Lipinski definition) is 6. The molecule has 1 aromatic heterocycles. The molecular formula is C28H36N10O2. The summed E-state index contributed by atoms with van der Waals surface area (Å²) >= 11 is 0. The number of guanidine groups is 2. The highest BCUT2D eigenvalue weighted by Crippen LogP contribution is 2.57. The first-order valence-corrected chi connectivity index (χ1v) is 13.6. The predicted octanol–water partition coefficient (Wildman–Crippen LogP) is 2.15. The van der Waals surface area contributed by atoms with Crippen molar-refractivity contribution in [2.75, 3.05) is 23.7 Å². The van der Waals surface area contributed by atoms with Gasteiger partial charge in [0.2, 0.25) is 11.8 Å². The minimum absolute atomic E-state index is 0.0167. The molecule has 2 bridgehead atoms. The molecule has 12 heteroatoms. The Morgan fingerprint density at radius 1 is 0.925 bits per heavy atom. The molecule has 2 aromatic rings. The van der Waals surface area contributed by atoms with E-state index >= 15 is 0 Å². The fraction of sp³-hybridized carbons (Fsp3) is 0.429. The number of anilines is 2. The fourth-order valence-corrected chi connectivity index (χ4v) is 5.93. The van der Waals surface area contributed by atoms with E-state index in [1.165, 1.54) is 0 Å². The Hall–Kier alpha value is -4.48. The molecule has 0 unspecified atom stereocenters. The first kappa shape index (κ1) is 27.1. The summed E-state index contributed by atoms with van der Waals surface area (Å²) in [6.45, 7) is 1.62. The van der Waals surface area contributed by atoms with Crippen molar-refractivity contribution in [1.29, 1.82) is 5.41 Å². The number of amides is 2. The lowest BCUT2D eigenvalue weighted by Crippen LogP contribution is -2.52. The van der Waals surface area contributed by atoms with Gasteiger partial charge in [0.1, 0.15) is 0 Å². The van der Waals surface area contributed by atoms with E-state index in [1.54, 1.807) is 17.3 Å². The third kappa shape index (κ3) is 5.61. The number of aromatic nitrogens is 2. The van der Waals surface area contributed by atoms with Crippen LogP contribution in [0.4, 0.5) is 11.5 Å². The first-order valence-electron chi connectivity index (χ1n) is 13.6. The Bertz CT molecular complexity index is 1320. The van der Waals surface area contributed by atoms with Gasteiger partial charge in [-0.3, -0.25) is 20.0 Å². The molecule has 1 aromatic carbocycles. The van der Waals surface area contributed by atoms with Crippen LogP contribution in [0.2, 0.25) is 0 Å². The average Bonchev–Trinajstić information content (AvgIpc) is 2.98. The molecule has 2 heterocycles.